The molecular formula is C26H52N8O. The van der Waals surface area contributed by atoms with E-state index in [1.165, 1.54) is 12.8 Å². The lowest BCUT2D eigenvalue weighted by atomic mass is 9.99. The summed E-state index contributed by atoms with van der Waals surface area (Å²) < 4.78 is 5.69. The normalized spacial score (nSPS) is 28.3. The summed E-state index contributed by atoms with van der Waals surface area (Å²) in [6.07, 6.45) is 6.82. The van der Waals surface area contributed by atoms with Gasteiger partial charge in [0.15, 0.2) is 0 Å². The molecule has 0 aromatic rings. The van der Waals surface area contributed by atoms with Crippen LogP contribution in [0.5, 0.6) is 0 Å². The van der Waals surface area contributed by atoms with Crippen molar-refractivity contribution in [2.45, 2.75) is 90.8 Å². The van der Waals surface area contributed by atoms with Gasteiger partial charge in [-0.15, -0.1) is 0 Å². The maximum atomic E-state index is 6.79. The number of nitrogens with two attached hydrogens (primary N) is 1. The molecular weight excluding hydrogens is 440 g/mol. The largest absolute Gasteiger partial charge is 0.399 e. The van der Waals surface area contributed by atoms with Crippen molar-refractivity contribution in [2.24, 2.45) is 11.7 Å². The molecule has 3 rings (SSSR count). The molecule has 3 heterocycles. The van der Waals surface area contributed by atoms with Crippen molar-refractivity contribution in [3.63, 3.8) is 0 Å². The Bertz CT molecular complexity index is 720. The third-order valence-corrected chi connectivity index (χ3v) is 7.78. The maximum Gasteiger partial charge on any atom is 0.124 e. The van der Waals surface area contributed by atoms with Crippen LogP contribution in [0.25, 0.3) is 0 Å². The zero-order valence-electron chi connectivity index (χ0n) is 23.2. The topological polar surface area (TPSA) is 93.1 Å². The van der Waals surface area contributed by atoms with E-state index in [4.69, 9.17) is 10.5 Å². The Balaban J connectivity index is 1.82. The smallest absolute Gasteiger partial charge is 0.124 e. The molecule has 3 aliphatic heterocycles. The summed E-state index contributed by atoms with van der Waals surface area (Å²) in [7, 11) is 4.47. The van der Waals surface area contributed by atoms with Crippen LogP contribution < -0.4 is 27.1 Å². The molecule has 9 heteroatoms. The average molecular weight is 493 g/mol. The number of ether oxygens (including phenoxy) is 1. The quantitative estimate of drug-likeness (QED) is 0.205. The fourth-order valence-corrected chi connectivity index (χ4v) is 5.57. The van der Waals surface area contributed by atoms with Crippen molar-refractivity contribution >= 4 is 0 Å². The summed E-state index contributed by atoms with van der Waals surface area (Å²) in [5.41, 5.74) is 12.4. The zero-order chi connectivity index (χ0) is 25.5. The number of likely N-dealkylation sites (tertiary alicyclic amines) is 1. The molecule has 1 fully saturated rings. The molecule has 0 radical (unpaired) electrons. The lowest BCUT2D eigenvalue weighted by Crippen LogP contribution is -2.59. The summed E-state index contributed by atoms with van der Waals surface area (Å²) in [6, 6.07) is 1.14. The van der Waals surface area contributed by atoms with E-state index in [0.717, 1.165) is 49.7 Å². The number of hydrogen-bond acceptors (Lipinski definition) is 9. The zero-order valence-corrected chi connectivity index (χ0v) is 23.2. The highest BCUT2D eigenvalue weighted by Gasteiger charge is 2.35. The van der Waals surface area contributed by atoms with Gasteiger partial charge in [-0.25, -0.2) is 5.43 Å². The van der Waals surface area contributed by atoms with E-state index in [9.17, 15) is 0 Å². The second-order valence-corrected chi connectivity index (χ2v) is 10.7. The summed E-state index contributed by atoms with van der Waals surface area (Å²) in [5.74, 6) is 1.60. The average Bonchev–Trinajstić information content (AvgIpc) is 3.13. The number of nitrogens with one attached hydrogen (secondary N) is 4. The van der Waals surface area contributed by atoms with Crippen LogP contribution in [0.2, 0.25) is 0 Å². The predicted octanol–water partition coefficient (Wildman–Crippen LogP) is 1.53. The molecule has 6 N–H and O–H groups in total. The van der Waals surface area contributed by atoms with E-state index in [1.54, 1.807) is 0 Å². The third-order valence-electron chi connectivity index (χ3n) is 7.78. The lowest BCUT2D eigenvalue weighted by Gasteiger charge is -2.41. The van der Waals surface area contributed by atoms with Crippen LogP contribution >= 0.6 is 0 Å². The molecule has 0 aromatic carbocycles. The van der Waals surface area contributed by atoms with Crippen molar-refractivity contribution in [2.75, 3.05) is 46.9 Å². The van der Waals surface area contributed by atoms with Crippen molar-refractivity contribution < 1.29 is 4.74 Å². The molecule has 0 spiro atoms. The van der Waals surface area contributed by atoms with Gasteiger partial charge in [-0.05, 0) is 85.6 Å². The van der Waals surface area contributed by atoms with Crippen molar-refractivity contribution in [1.29, 1.82) is 0 Å². The van der Waals surface area contributed by atoms with Gasteiger partial charge in [0, 0.05) is 18.7 Å². The van der Waals surface area contributed by atoms with Crippen molar-refractivity contribution in [1.82, 2.24) is 36.2 Å². The van der Waals surface area contributed by atoms with Gasteiger partial charge in [0.25, 0.3) is 0 Å². The molecule has 0 bridgehead atoms. The van der Waals surface area contributed by atoms with Crippen LogP contribution in [0.15, 0.2) is 23.3 Å². The minimum atomic E-state index is -0.138. The summed E-state index contributed by atoms with van der Waals surface area (Å²) in [6.45, 7) is 15.4. The van der Waals surface area contributed by atoms with Gasteiger partial charge >= 0.3 is 0 Å². The standard InChI is InChI=1S/C26H52N8O/c1-8-22-24(27)25(34(31-22)14-15-35-9-2)26(30-23-17-18(3)16-19(4)28-23)29-20(5)33(7)21-10-12-32(6)13-11-21/h17-22,26,28-31H,8-16,27H2,1-7H3/t18?,19?,20?,22-,26?/m1/s1. The van der Waals surface area contributed by atoms with E-state index in [-0.39, 0.29) is 18.4 Å². The summed E-state index contributed by atoms with van der Waals surface area (Å²) in [5, 5.41) is 13.5. The molecule has 0 aliphatic carbocycles. The molecule has 202 valence electrons. The van der Waals surface area contributed by atoms with E-state index < -0.39 is 0 Å². The number of piperidine rings is 1. The Morgan fingerprint density at radius 1 is 1.26 bits per heavy atom. The van der Waals surface area contributed by atoms with Gasteiger partial charge in [-0.2, -0.15) is 0 Å². The molecule has 0 amide bonds. The van der Waals surface area contributed by atoms with E-state index in [0.29, 0.717) is 31.2 Å². The first-order valence-corrected chi connectivity index (χ1v) is 13.8. The first kappa shape index (κ1) is 28.1. The molecule has 3 aliphatic rings. The van der Waals surface area contributed by atoms with Gasteiger partial charge in [0.05, 0.1) is 42.6 Å². The van der Waals surface area contributed by atoms with Gasteiger partial charge in [0.1, 0.15) is 6.17 Å². The minimum absolute atomic E-state index is 0.130. The number of hydrazine groups is 1. The highest BCUT2D eigenvalue weighted by molar-refractivity contribution is 5.27. The SMILES string of the molecule is CCOCCN1N[C@H](CC)C(N)=C1C(NC1=CC(C)CC(C)N1)NC(C)N(C)C1CCN(C)CC1. The maximum absolute atomic E-state index is 6.79. The molecule has 0 saturated carbocycles. The van der Waals surface area contributed by atoms with Crippen LogP contribution in [0.3, 0.4) is 0 Å². The van der Waals surface area contributed by atoms with E-state index >= 15 is 0 Å². The number of nitrogens with zero attached hydrogens (tertiary/aromatic N) is 3. The van der Waals surface area contributed by atoms with Gasteiger partial charge in [-0.3, -0.25) is 10.2 Å². The lowest BCUT2D eigenvalue weighted by molar-refractivity contribution is 0.0832. The number of allylic oxidation sites excluding steroid dienone is 1. The summed E-state index contributed by atoms with van der Waals surface area (Å²) >= 11 is 0. The van der Waals surface area contributed by atoms with E-state index in [1.807, 2.05) is 6.92 Å². The fourth-order valence-electron chi connectivity index (χ4n) is 5.57. The number of rotatable bonds is 12. The number of hydrogen-bond donors (Lipinski definition) is 5. The van der Waals surface area contributed by atoms with Crippen LogP contribution in [0.1, 0.15) is 60.3 Å². The third kappa shape index (κ3) is 7.49. The summed E-state index contributed by atoms with van der Waals surface area (Å²) in [4.78, 5) is 4.92. The Kier molecular flexibility index (Phi) is 10.5. The molecule has 35 heavy (non-hydrogen) atoms. The van der Waals surface area contributed by atoms with Gasteiger partial charge < -0.3 is 31.0 Å². The molecule has 1 saturated heterocycles. The first-order chi connectivity index (χ1) is 16.7. The van der Waals surface area contributed by atoms with Crippen LogP contribution in [0, 0.1) is 5.92 Å². The fraction of sp³-hybridized carbons (Fsp3) is 0.846. The van der Waals surface area contributed by atoms with E-state index in [2.05, 4.69) is 84.1 Å². The highest BCUT2D eigenvalue weighted by atomic mass is 16.5. The monoisotopic (exact) mass is 492 g/mol. The molecule has 5 atom stereocenters. The van der Waals surface area contributed by atoms with Gasteiger partial charge in [-0.1, -0.05) is 13.8 Å². The van der Waals surface area contributed by atoms with Crippen molar-refractivity contribution in [3.05, 3.63) is 23.3 Å². The molecule has 0 aromatic heterocycles. The first-order valence-electron chi connectivity index (χ1n) is 13.8. The predicted molar refractivity (Wildman–Crippen MR) is 144 cm³/mol. The molecule has 9 nitrogen and oxygen atoms in total. The van der Waals surface area contributed by atoms with Gasteiger partial charge in [0.2, 0.25) is 0 Å². The van der Waals surface area contributed by atoms with Crippen molar-refractivity contribution in [3.8, 4) is 0 Å². The van der Waals surface area contributed by atoms with Crippen LogP contribution in [0.4, 0.5) is 0 Å². The Morgan fingerprint density at radius 3 is 2.60 bits per heavy atom. The van der Waals surface area contributed by atoms with Crippen LogP contribution in [-0.2, 0) is 4.74 Å². The molecule has 4 unspecified atom stereocenters. The second-order valence-electron chi connectivity index (χ2n) is 10.7. The Labute approximate surface area is 213 Å². The Morgan fingerprint density at radius 2 is 1.97 bits per heavy atom. The highest BCUT2D eigenvalue weighted by Crippen LogP contribution is 2.24. The second kappa shape index (κ2) is 13.1. The minimum Gasteiger partial charge on any atom is -0.399 e. The van der Waals surface area contributed by atoms with Crippen LogP contribution in [-0.4, -0.2) is 92.2 Å². The Hall–Kier alpha value is -1.52.